The first kappa shape index (κ1) is 15.2. The van der Waals surface area contributed by atoms with Crippen molar-refractivity contribution in [3.8, 4) is 5.75 Å². The van der Waals surface area contributed by atoms with Crippen molar-refractivity contribution in [3.63, 3.8) is 0 Å². The van der Waals surface area contributed by atoms with E-state index in [9.17, 15) is 0 Å². The summed E-state index contributed by atoms with van der Waals surface area (Å²) in [7, 11) is 0. The van der Waals surface area contributed by atoms with Crippen LogP contribution < -0.4 is 10.1 Å². The van der Waals surface area contributed by atoms with Crippen molar-refractivity contribution in [2.24, 2.45) is 11.8 Å². The molecule has 1 aromatic rings. The summed E-state index contributed by atoms with van der Waals surface area (Å²) in [5.74, 6) is 2.49. The highest BCUT2D eigenvalue weighted by molar-refractivity contribution is 5.46. The first-order valence-corrected chi connectivity index (χ1v) is 8.21. The highest BCUT2D eigenvalue weighted by Crippen LogP contribution is 2.26. The maximum Gasteiger partial charge on any atom is 0.119 e. The van der Waals surface area contributed by atoms with Gasteiger partial charge in [0.2, 0.25) is 0 Å². The van der Waals surface area contributed by atoms with E-state index >= 15 is 0 Å². The van der Waals surface area contributed by atoms with E-state index in [2.05, 4.69) is 43.4 Å². The Kier molecular flexibility index (Phi) is 6.23. The molecular formula is C18H29NO. The van der Waals surface area contributed by atoms with E-state index in [0.717, 1.165) is 24.8 Å². The zero-order valence-corrected chi connectivity index (χ0v) is 13.0. The van der Waals surface area contributed by atoms with Gasteiger partial charge >= 0.3 is 0 Å². The molecule has 2 rings (SSSR count). The minimum absolute atomic E-state index is 0.572. The van der Waals surface area contributed by atoms with Crippen LogP contribution in [0.25, 0.3) is 0 Å². The molecule has 2 nitrogen and oxygen atoms in total. The summed E-state index contributed by atoms with van der Waals surface area (Å²) in [5, 5.41) is 3.53. The first-order chi connectivity index (χ1) is 9.74. The van der Waals surface area contributed by atoms with Gasteiger partial charge in [0.25, 0.3) is 0 Å². The Balaban J connectivity index is 1.67. The van der Waals surface area contributed by atoms with Crippen molar-refractivity contribution in [1.82, 2.24) is 0 Å². The van der Waals surface area contributed by atoms with Crippen LogP contribution in [0.3, 0.4) is 0 Å². The van der Waals surface area contributed by atoms with Gasteiger partial charge in [0.1, 0.15) is 5.75 Å². The fourth-order valence-corrected chi connectivity index (χ4v) is 2.83. The molecule has 1 aliphatic rings. The number of nitrogens with one attached hydrogen (secondary N) is 1. The van der Waals surface area contributed by atoms with Crippen LogP contribution in [-0.2, 0) is 0 Å². The molecule has 112 valence electrons. The molecule has 1 saturated carbocycles. The second kappa shape index (κ2) is 8.18. The molecule has 20 heavy (non-hydrogen) atoms. The molecule has 2 heteroatoms. The van der Waals surface area contributed by atoms with E-state index in [0.29, 0.717) is 5.92 Å². The van der Waals surface area contributed by atoms with E-state index in [1.165, 1.54) is 44.2 Å². The third kappa shape index (κ3) is 5.44. The molecule has 0 bridgehead atoms. The second-order valence-electron chi connectivity index (χ2n) is 6.45. The van der Waals surface area contributed by atoms with Gasteiger partial charge in [-0.05, 0) is 42.5 Å². The summed E-state index contributed by atoms with van der Waals surface area (Å²) < 4.78 is 5.69. The SMILES string of the molecule is CC(C)COc1ccc(NCCC2CCCCC2)cc1. The molecule has 0 atom stereocenters. The highest BCUT2D eigenvalue weighted by atomic mass is 16.5. The molecule has 1 aliphatic carbocycles. The maximum absolute atomic E-state index is 5.69. The molecule has 0 radical (unpaired) electrons. The van der Waals surface area contributed by atoms with E-state index in [1.54, 1.807) is 0 Å². The largest absolute Gasteiger partial charge is 0.493 e. The molecule has 0 saturated heterocycles. The van der Waals surface area contributed by atoms with Crippen molar-refractivity contribution in [3.05, 3.63) is 24.3 Å². The predicted octanol–water partition coefficient (Wildman–Crippen LogP) is 5.10. The number of hydrogen-bond donors (Lipinski definition) is 1. The molecule has 1 aromatic carbocycles. The molecule has 0 amide bonds. The number of anilines is 1. The fourth-order valence-electron chi connectivity index (χ4n) is 2.83. The van der Waals surface area contributed by atoms with E-state index in [4.69, 9.17) is 4.74 Å². The Labute approximate surface area is 123 Å². The van der Waals surface area contributed by atoms with E-state index in [1.807, 2.05) is 0 Å². The number of rotatable bonds is 7. The standard InChI is InChI=1S/C18H29NO/c1-15(2)14-20-18-10-8-17(9-11-18)19-13-12-16-6-4-3-5-7-16/h8-11,15-16,19H,3-7,12-14H2,1-2H3. The Morgan fingerprint density at radius 1 is 1.10 bits per heavy atom. The van der Waals surface area contributed by atoms with Crippen LogP contribution in [0, 0.1) is 11.8 Å². The predicted molar refractivity (Wildman–Crippen MR) is 86.5 cm³/mol. The zero-order valence-electron chi connectivity index (χ0n) is 13.0. The number of hydrogen-bond acceptors (Lipinski definition) is 2. The second-order valence-corrected chi connectivity index (χ2v) is 6.45. The molecule has 0 spiro atoms. The zero-order chi connectivity index (χ0) is 14.2. The monoisotopic (exact) mass is 275 g/mol. The average molecular weight is 275 g/mol. The summed E-state index contributed by atoms with van der Waals surface area (Å²) in [6.07, 6.45) is 8.50. The summed E-state index contributed by atoms with van der Waals surface area (Å²) in [6, 6.07) is 8.36. The third-order valence-corrected chi connectivity index (χ3v) is 4.04. The molecule has 0 heterocycles. The highest BCUT2D eigenvalue weighted by Gasteiger charge is 2.12. The first-order valence-electron chi connectivity index (χ1n) is 8.21. The number of benzene rings is 1. The molecule has 0 unspecified atom stereocenters. The lowest BCUT2D eigenvalue weighted by Gasteiger charge is -2.21. The van der Waals surface area contributed by atoms with Crippen molar-refractivity contribution in [2.75, 3.05) is 18.5 Å². The molecule has 1 fully saturated rings. The Morgan fingerprint density at radius 2 is 1.80 bits per heavy atom. The minimum atomic E-state index is 0.572. The normalized spacial score (nSPS) is 16.4. The van der Waals surface area contributed by atoms with Crippen LogP contribution in [0.5, 0.6) is 5.75 Å². The van der Waals surface area contributed by atoms with Gasteiger partial charge in [-0.3, -0.25) is 0 Å². The summed E-state index contributed by atoms with van der Waals surface area (Å²) >= 11 is 0. The lowest BCUT2D eigenvalue weighted by atomic mass is 9.87. The van der Waals surface area contributed by atoms with Crippen molar-refractivity contribution < 1.29 is 4.74 Å². The number of ether oxygens (including phenoxy) is 1. The summed E-state index contributed by atoms with van der Waals surface area (Å²) in [6.45, 7) is 6.22. The van der Waals surface area contributed by atoms with Gasteiger partial charge in [0, 0.05) is 12.2 Å². The summed E-state index contributed by atoms with van der Waals surface area (Å²) in [5.41, 5.74) is 1.21. The van der Waals surface area contributed by atoms with E-state index < -0.39 is 0 Å². The van der Waals surface area contributed by atoms with Crippen molar-refractivity contribution in [1.29, 1.82) is 0 Å². The smallest absolute Gasteiger partial charge is 0.119 e. The van der Waals surface area contributed by atoms with Crippen LogP contribution in [0.15, 0.2) is 24.3 Å². The maximum atomic E-state index is 5.69. The lowest BCUT2D eigenvalue weighted by Crippen LogP contribution is -2.12. The average Bonchev–Trinajstić information content (AvgIpc) is 2.47. The molecule has 0 aromatic heterocycles. The van der Waals surface area contributed by atoms with Gasteiger partial charge in [-0.25, -0.2) is 0 Å². The van der Waals surface area contributed by atoms with Crippen LogP contribution >= 0.6 is 0 Å². The van der Waals surface area contributed by atoms with Gasteiger partial charge < -0.3 is 10.1 Å². The quantitative estimate of drug-likeness (QED) is 0.747. The van der Waals surface area contributed by atoms with Gasteiger partial charge in [0.05, 0.1) is 6.61 Å². The van der Waals surface area contributed by atoms with Crippen LogP contribution in [0.4, 0.5) is 5.69 Å². The third-order valence-electron chi connectivity index (χ3n) is 4.04. The van der Waals surface area contributed by atoms with Gasteiger partial charge in [-0.15, -0.1) is 0 Å². The van der Waals surface area contributed by atoms with Gasteiger partial charge in [-0.1, -0.05) is 46.0 Å². The summed E-state index contributed by atoms with van der Waals surface area (Å²) in [4.78, 5) is 0. The van der Waals surface area contributed by atoms with Crippen molar-refractivity contribution >= 4 is 5.69 Å². The Bertz CT molecular complexity index is 366. The molecule has 0 aliphatic heterocycles. The van der Waals surface area contributed by atoms with Crippen LogP contribution in [-0.4, -0.2) is 13.2 Å². The van der Waals surface area contributed by atoms with Gasteiger partial charge in [-0.2, -0.15) is 0 Å². The minimum Gasteiger partial charge on any atom is -0.493 e. The van der Waals surface area contributed by atoms with Crippen molar-refractivity contribution in [2.45, 2.75) is 52.4 Å². The molecular weight excluding hydrogens is 246 g/mol. The topological polar surface area (TPSA) is 21.3 Å². The van der Waals surface area contributed by atoms with Gasteiger partial charge in [0.15, 0.2) is 0 Å². The van der Waals surface area contributed by atoms with Crippen LogP contribution in [0.1, 0.15) is 52.4 Å². The Morgan fingerprint density at radius 3 is 2.45 bits per heavy atom. The molecule has 1 N–H and O–H groups in total. The fraction of sp³-hybridized carbons (Fsp3) is 0.667. The van der Waals surface area contributed by atoms with Crippen LogP contribution in [0.2, 0.25) is 0 Å². The Hall–Kier alpha value is -1.18. The van der Waals surface area contributed by atoms with E-state index in [-0.39, 0.29) is 0 Å². The lowest BCUT2D eigenvalue weighted by molar-refractivity contribution is 0.271.